The summed E-state index contributed by atoms with van der Waals surface area (Å²) in [6.07, 6.45) is 4.47. The molecular formula is C41H35IN3+. The van der Waals surface area contributed by atoms with E-state index >= 15 is 0 Å². The Morgan fingerprint density at radius 2 is 1.20 bits per heavy atom. The molecule has 220 valence electrons. The summed E-state index contributed by atoms with van der Waals surface area (Å²) in [5.41, 5.74) is 12.1. The molecule has 6 aromatic rings. The summed E-state index contributed by atoms with van der Waals surface area (Å²) in [7, 11) is 0. The van der Waals surface area contributed by atoms with Crippen LogP contribution in [-0.2, 0) is 3.55 Å². The van der Waals surface area contributed by atoms with E-state index in [2.05, 4.69) is 156 Å². The zero-order valence-electron chi connectivity index (χ0n) is 25.8. The van der Waals surface area contributed by atoms with Gasteiger partial charge >= 0.3 is 271 Å². The van der Waals surface area contributed by atoms with Gasteiger partial charge in [0.25, 0.3) is 0 Å². The number of aryl methyl sites for hydroxylation is 1. The van der Waals surface area contributed by atoms with Gasteiger partial charge in [0.05, 0.1) is 0 Å². The molecule has 1 spiro atoms. The number of nitrogens with zero attached hydrogens (tertiary/aromatic N) is 3. The quantitative estimate of drug-likeness (QED) is 0.135. The molecule has 2 aliphatic heterocycles. The Balaban J connectivity index is 1.50. The summed E-state index contributed by atoms with van der Waals surface area (Å²) in [6, 6.07) is 49.2. The van der Waals surface area contributed by atoms with Gasteiger partial charge in [-0.2, -0.15) is 0 Å². The van der Waals surface area contributed by atoms with E-state index in [9.17, 15) is 5.26 Å². The predicted molar refractivity (Wildman–Crippen MR) is 176 cm³/mol. The zero-order valence-corrected chi connectivity index (χ0v) is 28.0. The summed E-state index contributed by atoms with van der Waals surface area (Å²) in [4.78, 5) is 0. The van der Waals surface area contributed by atoms with Crippen LogP contribution in [0.15, 0.2) is 134 Å². The van der Waals surface area contributed by atoms with E-state index in [0.717, 1.165) is 18.4 Å². The summed E-state index contributed by atoms with van der Waals surface area (Å²) < 4.78 is 8.46. The molecular weight excluding hydrogens is 661 g/mol. The third kappa shape index (κ3) is 3.74. The molecule has 0 fully saturated rings. The van der Waals surface area contributed by atoms with Crippen LogP contribution in [0.2, 0.25) is 0 Å². The zero-order chi connectivity index (χ0) is 30.8. The SMILES string of the molecule is CCC1(CC)[n+]2c(C)cccc2-c2cc(-c3ccc(C#N)cc3)ccc2[I-]12c1ccc(-c3ccccc3)cc1-c1cccc[n+]12. The number of rotatable bonds is 4. The van der Waals surface area contributed by atoms with Crippen molar-refractivity contribution in [2.75, 3.05) is 0 Å². The van der Waals surface area contributed by atoms with Gasteiger partial charge in [-0.25, -0.2) is 0 Å². The van der Waals surface area contributed by atoms with Crippen LogP contribution in [0.3, 0.4) is 0 Å². The van der Waals surface area contributed by atoms with Crippen molar-refractivity contribution in [1.82, 2.24) is 0 Å². The Morgan fingerprint density at radius 1 is 0.622 bits per heavy atom. The van der Waals surface area contributed by atoms with Crippen LogP contribution < -0.4 is 26.1 Å². The summed E-state index contributed by atoms with van der Waals surface area (Å²) in [5.74, 6) is 0. The second kappa shape index (κ2) is 10.5. The number of fused-ring (bicyclic) bond motifs is 9. The molecule has 2 aliphatic rings. The Kier molecular flexibility index (Phi) is 6.51. The van der Waals surface area contributed by atoms with Crippen molar-refractivity contribution in [3.8, 4) is 50.8 Å². The first-order chi connectivity index (χ1) is 22.1. The molecule has 3 nitrogen and oxygen atoms in total. The predicted octanol–water partition coefficient (Wildman–Crippen LogP) is 5.57. The molecule has 4 aromatic carbocycles. The monoisotopic (exact) mass is 696 g/mol. The molecule has 4 heteroatoms. The fourth-order valence-electron chi connectivity index (χ4n) is 7.79. The first-order valence-electron chi connectivity index (χ1n) is 15.7. The van der Waals surface area contributed by atoms with Gasteiger partial charge in [0.1, 0.15) is 0 Å². The molecule has 4 heterocycles. The fourth-order valence-corrected chi connectivity index (χ4v) is 22.0. The van der Waals surface area contributed by atoms with E-state index in [0.29, 0.717) is 5.56 Å². The van der Waals surface area contributed by atoms with Gasteiger partial charge in [0.2, 0.25) is 0 Å². The van der Waals surface area contributed by atoms with Crippen molar-refractivity contribution >= 4 is 0 Å². The molecule has 0 saturated heterocycles. The van der Waals surface area contributed by atoms with Gasteiger partial charge in [-0.3, -0.25) is 0 Å². The number of nitriles is 1. The average Bonchev–Trinajstić information content (AvgIpc) is 3.40. The van der Waals surface area contributed by atoms with Crippen molar-refractivity contribution in [1.29, 1.82) is 5.26 Å². The van der Waals surface area contributed by atoms with E-state index in [1.807, 2.05) is 12.1 Å². The van der Waals surface area contributed by atoms with Crippen LogP contribution in [0, 0.1) is 25.4 Å². The standard InChI is InChI=1S/C41H35IN3/c1-4-41(5-2)42(37-23-21-33(31-13-7-6-8-14-31)26-35(37)39-15-9-10-25-44(39)42)38-24-22-34(32-19-17-30(28-43)18-20-32)27-36(38)40-16-11-12-29(3)45(40)41/h6-27H,4-5H2,1-3H3/q+1. The molecule has 2 aromatic heterocycles. The Labute approximate surface area is 270 Å². The molecule has 0 saturated carbocycles. The van der Waals surface area contributed by atoms with Crippen molar-refractivity contribution in [2.24, 2.45) is 0 Å². The molecule has 0 amide bonds. The maximum atomic E-state index is 9.40. The van der Waals surface area contributed by atoms with E-state index in [-0.39, 0.29) is 3.55 Å². The third-order valence-electron chi connectivity index (χ3n) is 9.79. The Hall–Kier alpha value is -4.60. The van der Waals surface area contributed by atoms with Crippen LogP contribution >= 0.6 is 0 Å². The van der Waals surface area contributed by atoms with Gasteiger partial charge in [0.15, 0.2) is 0 Å². The van der Waals surface area contributed by atoms with Gasteiger partial charge in [-0.15, -0.1) is 0 Å². The number of pyridine rings is 2. The molecule has 0 aliphatic carbocycles. The number of benzene rings is 4. The summed E-state index contributed by atoms with van der Waals surface area (Å²) in [6.45, 7) is 7.11. The first-order valence-corrected chi connectivity index (χ1v) is 19.9. The molecule has 8 rings (SSSR count). The minimum atomic E-state index is -3.45. The Bertz CT molecular complexity index is 2160. The number of alkyl halides is 1. The number of halogens is 1. The van der Waals surface area contributed by atoms with Crippen LogP contribution in [0.25, 0.3) is 44.8 Å². The van der Waals surface area contributed by atoms with Crippen LogP contribution in [0.4, 0.5) is 0 Å². The van der Waals surface area contributed by atoms with E-state index in [1.165, 1.54) is 52.0 Å². The molecule has 0 N–H and O–H groups in total. The van der Waals surface area contributed by atoms with Gasteiger partial charge in [-0.05, 0) is 0 Å². The number of aromatic nitrogens is 2. The van der Waals surface area contributed by atoms with E-state index in [1.54, 1.807) is 0 Å². The number of hydrogen-bond acceptors (Lipinski definition) is 1. The van der Waals surface area contributed by atoms with Crippen molar-refractivity contribution in [3.05, 3.63) is 152 Å². The fraction of sp³-hybridized carbons (Fsp3) is 0.146. The maximum absolute atomic E-state index is 9.40. The summed E-state index contributed by atoms with van der Waals surface area (Å²) in [5, 5.41) is 9.40. The molecule has 1 unspecified atom stereocenters. The normalized spacial score (nSPS) is 18.2. The Morgan fingerprint density at radius 3 is 1.84 bits per heavy atom. The minimum absolute atomic E-state index is 0.0869. The molecule has 1 atom stereocenters. The van der Waals surface area contributed by atoms with Gasteiger partial charge in [0, 0.05) is 0 Å². The second-order valence-corrected chi connectivity index (χ2v) is 20.3. The van der Waals surface area contributed by atoms with Crippen LogP contribution in [0.5, 0.6) is 0 Å². The summed E-state index contributed by atoms with van der Waals surface area (Å²) >= 11 is -3.45. The second-order valence-electron chi connectivity index (χ2n) is 11.9. The van der Waals surface area contributed by atoms with Crippen molar-refractivity contribution < 1.29 is 26.1 Å². The van der Waals surface area contributed by atoms with Gasteiger partial charge < -0.3 is 0 Å². The van der Waals surface area contributed by atoms with Gasteiger partial charge in [-0.1, -0.05) is 0 Å². The van der Waals surface area contributed by atoms with Crippen molar-refractivity contribution in [2.45, 2.75) is 37.2 Å². The topological polar surface area (TPSA) is 31.5 Å². The molecule has 0 bridgehead atoms. The third-order valence-corrected chi connectivity index (χ3v) is 22.4. The van der Waals surface area contributed by atoms with Crippen LogP contribution in [0.1, 0.15) is 37.9 Å². The van der Waals surface area contributed by atoms with Crippen LogP contribution in [-0.4, -0.2) is 0 Å². The number of hydrogen-bond donors (Lipinski definition) is 0. The average molecular weight is 697 g/mol. The van der Waals surface area contributed by atoms with E-state index in [4.69, 9.17) is 0 Å². The molecule has 45 heavy (non-hydrogen) atoms. The molecule has 0 radical (unpaired) electrons. The van der Waals surface area contributed by atoms with E-state index < -0.39 is 18.7 Å². The first kappa shape index (κ1) is 27.9. The van der Waals surface area contributed by atoms with Crippen molar-refractivity contribution in [3.63, 3.8) is 0 Å².